The number of aryl methyl sites for hydroxylation is 3. The van der Waals surface area contributed by atoms with Gasteiger partial charge in [-0.1, -0.05) is 29.8 Å². The third-order valence-corrected chi connectivity index (χ3v) is 4.59. The zero-order valence-corrected chi connectivity index (χ0v) is 13.4. The van der Waals surface area contributed by atoms with Crippen molar-refractivity contribution in [2.24, 2.45) is 16.9 Å². The molecule has 1 saturated carbocycles. The Hall–Kier alpha value is -2.10. The topological polar surface area (TPSA) is 53.5 Å². The fraction of sp³-hybridized carbons (Fsp3) is 0.444. The van der Waals surface area contributed by atoms with Crippen LogP contribution < -0.4 is 10.7 Å². The summed E-state index contributed by atoms with van der Waals surface area (Å²) in [5, 5.41) is 7.50. The molecule has 0 heterocycles. The number of allylic oxidation sites excluding steroid dienone is 2. The summed E-state index contributed by atoms with van der Waals surface area (Å²) in [4.78, 5) is 11.9. The molecule has 4 heteroatoms. The highest BCUT2D eigenvalue weighted by molar-refractivity contribution is 5.95. The van der Waals surface area contributed by atoms with Crippen LogP contribution in [0.25, 0.3) is 0 Å². The van der Waals surface area contributed by atoms with Gasteiger partial charge in [0, 0.05) is 17.3 Å². The van der Waals surface area contributed by atoms with Gasteiger partial charge < -0.3 is 5.32 Å². The fourth-order valence-corrected chi connectivity index (χ4v) is 3.46. The van der Waals surface area contributed by atoms with Crippen LogP contribution in [0.2, 0.25) is 0 Å². The SMILES string of the molecule is Cc1cc(C)c(NCC(=O)N/N=C2/C[C@H]3C=CC[C@@H]23)c(C)c1. The number of rotatable bonds is 4. The zero-order valence-electron chi connectivity index (χ0n) is 13.4. The summed E-state index contributed by atoms with van der Waals surface area (Å²) >= 11 is 0. The highest BCUT2D eigenvalue weighted by Gasteiger charge is 2.37. The van der Waals surface area contributed by atoms with Crippen LogP contribution in [0.5, 0.6) is 0 Å². The molecule has 0 unspecified atom stereocenters. The van der Waals surface area contributed by atoms with Crippen LogP contribution >= 0.6 is 0 Å². The Balaban J connectivity index is 1.52. The summed E-state index contributed by atoms with van der Waals surface area (Å²) in [7, 11) is 0. The van der Waals surface area contributed by atoms with Gasteiger partial charge in [-0.25, -0.2) is 5.43 Å². The number of nitrogens with zero attached hydrogens (tertiary/aromatic N) is 1. The molecular weight excluding hydrogens is 274 g/mol. The lowest BCUT2D eigenvalue weighted by atomic mass is 9.74. The second-order valence-corrected chi connectivity index (χ2v) is 6.40. The number of benzene rings is 1. The van der Waals surface area contributed by atoms with Crippen LogP contribution in [-0.2, 0) is 4.79 Å². The number of nitrogens with one attached hydrogen (secondary N) is 2. The minimum Gasteiger partial charge on any atom is -0.376 e. The van der Waals surface area contributed by atoms with Crippen molar-refractivity contribution in [1.82, 2.24) is 5.43 Å². The van der Waals surface area contributed by atoms with Gasteiger partial charge in [-0.05, 0) is 50.7 Å². The normalized spacial score (nSPS) is 24.0. The molecule has 0 spiro atoms. The van der Waals surface area contributed by atoms with Crippen molar-refractivity contribution in [3.63, 3.8) is 0 Å². The van der Waals surface area contributed by atoms with E-state index in [2.05, 4.69) is 60.9 Å². The van der Waals surface area contributed by atoms with Gasteiger partial charge in [-0.3, -0.25) is 4.79 Å². The molecular formula is C18H23N3O. The predicted molar refractivity (Wildman–Crippen MR) is 90.1 cm³/mol. The van der Waals surface area contributed by atoms with E-state index in [0.717, 1.165) is 35.4 Å². The van der Waals surface area contributed by atoms with Crippen molar-refractivity contribution in [3.05, 3.63) is 41.0 Å². The molecule has 4 nitrogen and oxygen atoms in total. The van der Waals surface area contributed by atoms with Crippen molar-refractivity contribution < 1.29 is 4.79 Å². The first kappa shape index (κ1) is 14.8. The fourth-order valence-electron chi connectivity index (χ4n) is 3.46. The van der Waals surface area contributed by atoms with Crippen LogP contribution in [0, 0.1) is 32.6 Å². The van der Waals surface area contributed by atoms with E-state index in [1.54, 1.807) is 0 Å². The summed E-state index contributed by atoms with van der Waals surface area (Å²) < 4.78 is 0. The van der Waals surface area contributed by atoms with Crippen LogP contribution in [0.15, 0.2) is 29.4 Å². The molecule has 1 aromatic rings. The predicted octanol–water partition coefficient (Wildman–Crippen LogP) is 3.09. The Bertz CT molecular complexity index is 637. The monoisotopic (exact) mass is 297 g/mol. The lowest BCUT2D eigenvalue weighted by Gasteiger charge is -2.31. The third-order valence-electron chi connectivity index (χ3n) is 4.59. The van der Waals surface area contributed by atoms with Crippen LogP contribution in [-0.4, -0.2) is 18.2 Å². The standard InChI is InChI=1S/C18H23N3O/c1-11-7-12(2)18(13(3)8-11)19-10-17(22)21-20-16-9-14-5-4-6-15(14)16/h4-5,7-8,14-15,19H,6,9-10H2,1-3H3,(H,21,22)/b20-16-/t14-,15-/m1/s1. The molecule has 22 heavy (non-hydrogen) atoms. The quantitative estimate of drug-likeness (QED) is 0.663. The maximum absolute atomic E-state index is 11.9. The first-order chi connectivity index (χ1) is 10.5. The summed E-state index contributed by atoms with van der Waals surface area (Å²) in [5.74, 6) is 1.10. The van der Waals surface area contributed by atoms with Crippen LogP contribution in [0.3, 0.4) is 0 Å². The first-order valence-electron chi connectivity index (χ1n) is 7.88. The minimum absolute atomic E-state index is 0.0960. The van der Waals surface area contributed by atoms with E-state index in [0.29, 0.717) is 11.8 Å². The van der Waals surface area contributed by atoms with Crippen LogP contribution in [0.1, 0.15) is 29.5 Å². The molecule has 3 rings (SSSR count). The Kier molecular flexibility index (Phi) is 4.01. The van der Waals surface area contributed by atoms with Crippen molar-refractivity contribution in [2.75, 3.05) is 11.9 Å². The average molecular weight is 297 g/mol. The van der Waals surface area contributed by atoms with E-state index in [-0.39, 0.29) is 12.5 Å². The first-order valence-corrected chi connectivity index (χ1v) is 7.88. The Morgan fingerprint density at radius 2 is 2.00 bits per heavy atom. The lowest BCUT2D eigenvalue weighted by molar-refractivity contribution is -0.119. The molecule has 2 aliphatic rings. The Morgan fingerprint density at radius 3 is 2.68 bits per heavy atom. The molecule has 2 atom stereocenters. The number of hydrogen-bond donors (Lipinski definition) is 2. The number of carbonyl (C=O) groups is 1. The van der Waals surface area contributed by atoms with E-state index >= 15 is 0 Å². The summed E-state index contributed by atoms with van der Waals surface area (Å²) in [6, 6.07) is 4.24. The van der Waals surface area contributed by atoms with E-state index < -0.39 is 0 Å². The molecule has 0 aromatic heterocycles. The smallest absolute Gasteiger partial charge is 0.259 e. The van der Waals surface area contributed by atoms with Gasteiger partial charge in [0.2, 0.25) is 0 Å². The van der Waals surface area contributed by atoms with E-state index in [1.165, 1.54) is 5.56 Å². The van der Waals surface area contributed by atoms with Crippen molar-refractivity contribution in [2.45, 2.75) is 33.6 Å². The number of hydrazone groups is 1. The van der Waals surface area contributed by atoms with E-state index in [1.807, 2.05) is 0 Å². The summed E-state index contributed by atoms with van der Waals surface area (Å²) in [6.45, 7) is 6.44. The molecule has 2 aliphatic carbocycles. The molecule has 0 radical (unpaired) electrons. The maximum atomic E-state index is 11.9. The average Bonchev–Trinajstić information content (AvgIpc) is 2.79. The molecule has 2 N–H and O–H groups in total. The van der Waals surface area contributed by atoms with Gasteiger partial charge in [0.25, 0.3) is 5.91 Å². The van der Waals surface area contributed by atoms with E-state index in [4.69, 9.17) is 0 Å². The molecule has 1 aromatic carbocycles. The van der Waals surface area contributed by atoms with Gasteiger partial charge in [0.15, 0.2) is 0 Å². The number of amides is 1. The van der Waals surface area contributed by atoms with Gasteiger partial charge in [-0.15, -0.1) is 0 Å². The summed E-state index contributed by atoms with van der Waals surface area (Å²) in [5.41, 5.74) is 8.41. The highest BCUT2D eigenvalue weighted by Crippen LogP contribution is 2.40. The number of anilines is 1. The third kappa shape index (κ3) is 2.91. The van der Waals surface area contributed by atoms with Crippen molar-refractivity contribution in [1.29, 1.82) is 0 Å². The second-order valence-electron chi connectivity index (χ2n) is 6.40. The maximum Gasteiger partial charge on any atom is 0.259 e. The molecule has 116 valence electrons. The lowest BCUT2D eigenvalue weighted by Crippen LogP contribution is -2.36. The van der Waals surface area contributed by atoms with Crippen molar-refractivity contribution >= 4 is 17.3 Å². The molecule has 0 saturated heterocycles. The summed E-state index contributed by atoms with van der Waals surface area (Å²) in [6.07, 6.45) is 6.53. The number of carbonyl (C=O) groups excluding carboxylic acids is 1. The molecule has 0 aliphatic heterocycles. The van der Waals surface area contributed by atoms with Crippen LogP contribution in [0.4, 0.5) is 5.69 Å². The van der Waals surface area contributed by atoms with Gasteiger partial charge in [0.1, 0.15) is 0 Å². The second kappa shape index (κ2) is 5.95. The number of hydrogen-bond acceptors (Lipinski definition) is 3. The highest BCUT2D eigenvalue weighted by atomic mass is 16.2. The minimum atomic E-state index is -0.0960. The molecule has 1 amide bonds. The molecule has 0 bridgehead atoms. The van der Waals surface area contributed by atoms with Gasteiger partial charge in [-0.2, -0.15) is 5.10 Å². The zero-order chi connectivity index (χ0) is 15.7. The number of fused-ring (bicyclic) bond motifs is 1. The van der Waals surface area contributed by atoms with Gasteiger partial charge in [0.05, 0.1) is 6.54 Å². The largest absolute Gasteiger partial charge is 0.376 e. The Labute approximate surface area is 131 Å². The van der Waals surface area contributed by atoms with Crippen molar-refractivity contribution in [3.8, 4) is 0 Å². The molecule has 1 fully saturated rings. The van der Waals surface area contributed by atoms with E-state index in [9.17, 15) is 4.79 Å². The van der Waals surface area contributed by atoms with Gasteiger partial charge >= 0.3 is 0 Å². The Morgan fingerprint density at radius 1 is 1.27 bits per heavy atom.